The molecule has 3 rings (SSSR count). The highest BCUT2D eigenvalue weighted by atomic mass is 32.1. The Morgan fingerprint density at radius 2 is 1.96 bits per heavy atom. The first kappa shape index (κ1) is 19.0. The lowest BCUT2D eigenvalue weighted by molar-refractivity contribution is -0.141. The molecule has 2 aliphatic rings. The molecule has 1 aromatic heterocycles. The van der Waals surface area contributed by atoms with Crippen LogP contribution in [0.15, 0.2) is 0 Å². The van der Waals surface area contributed by atoms with Crippen LogP contribution in [-0.4, -0.2) is 65.0 Å². The van der Waals surface area contributed by atoms with Crippen LogP contribution in [0.4, 0.5) is 5.82 Å². The summed E-state index contributed by atoms with van der Waals surface area (Å²) >= 11 is 5.41. The van der Waals surface area contributed by atoms with Crippen LogP contribution in [0.25, 0.3) is 0 Å². The van der Waals surface area contributed by atoms with Gasteiger partial charge in [0.15, 0.2) is 5.78 Å². The fraction of sp³-hybridized carbons (Fsp3) is 0.667. The van der Waals surface area contributed by atoms with E-state index in [4.69, 9.17) is 17.0 Å². The summed E-state index contributed by atoms with van der Waals surface area (Å²) in [5.41, 5.74) is 1.48. The number of hydrogen-bond acceptors (Lipinski definition) is 6. The minimum Gasteiger partial charge on any atom is -0.368 e. The van der Waals surface area contributed by atoms with Gasteiger partial charge in [-0.25, -0.2) is 4.98 Å². The number of rotatable bonds is 4. The van der Waals surface area contributed by atoms with E-state index >= 15 is 0 Å². The number of aromatic nitrogens is 2. The first-order valence-corrected chi connectivity index (χ1v) is 9.62. The van der Waals surface area contributed by atoms with Gasteiger partial charge in [-0.15, -0.1) is 0 Å². The molecule has 2 aliphatic heterocycles. The van der Waals surface area contributed by atoms with Gasteiger partial charge in [-0.1, -0.05) is 0 Å². The monoisotopic (exact) mass is 378 g/mol. The van der Waals surface area contributed by atoms with E-state index < -0.39 is 0 Å². The van der Waals surface area contributed by atoms with Crippen LogP contribution >= 0.6 is 12.2 Å². The number of hydrogen-bond donors (Lipinski definition) is 0. The van der Waals surface area contributed by atoms with Crippen molar-refractivity contribution in [2.24, 2.45) is 0 Å². The van der Waals surface area contributed by atoms with Gasteiger partial charge in [0.05, 0.1) is 5.56 Å². The number of carbonyl (C=O) groups excluding carboxylic acids is 2. The Balaban J connectivity index is 1.80. The van der Waals surface area contributed by atoms with Gasteiger partial charge in [0, 0.05) is 45.0 Å². The number of anilines is 1. The number of amides is 1. The minimum atomic E-state index is -0.283. The molecule has 0 N–H and O–H groups in total. The van der Waals surface area contributed by atoms with E-state index in [9.17, 15) is 9.59 Å². The van der Waals surface area contributed by atoms with Gasteiger partial charge in [0.2, 0.25) is 4.77 Å². The molecule has 0 aromatic carbocycles. The van der Waals surface area contributed by atoms with E-state index in [1.54, 1.807) is 6.92 Å². The summed E-state index contributed by atoms with van der Waals surface area (Å²) in [6.45, 7) is 9.30. The Morgan fingerprint density at radius 3 is 2.50 bits per heavy atom. The maximum atomic E-state index is 12.5. The van der Waals surface area contributed by atoms with E-state index in [0.29, 0.717) is 55.5 Å². The lowest BCUT2D eigenvalue weighted by atomic mass is 10.1. The molecule has 1 atom stereocenters. The molecule has 0 aliphatic carbocycles. The normalized spacial score (nSPS) is 20.5. The summed E-state index contributed by atoms with van der Waals surface area (Å²) in [6, 6.07) is 0. The van der Waals surface area contributed by atoms with Crippen LogP contribution in [0.1, 0.15) is 42.7 Å². The predicted octanol–water partition coefficient (Wildman–Crippen LogP) is 1.97. The second-order valence-electron chi connectivity index (χ2n) is 6.79. The molecule has 0 spiro atoms. The fourth-order valence-corrected chi connectivity index (χ4v) is 4.13. The number of Topliss-reactive ketones (excluding diaryl/α,β-unsaturated/α-hetero) is 1. The van der Waals surface area contributed by atoms with Gasteiger partial charge in [0.25, 0.3) is 5.91 Å². The average molecular weight is 378 g/mol. The molecule has 0 radical (unpaired) electrons. The Morgan fingerprint density at radius 1 is 1.27 bits per heavy atom. The van der Waals surface area contributed by atoms with Gasteiger partial charge in [-0.2, -0.15) is 0 Å². The molecule has 1 amide bonds. The molecular formula is C18H26N4O3S. The quantitative estimate of drug-likeness (QED) is 0.589. The number of carbonyl (C=O) groups is 2. The second-order valence-corrected chi connectivity index (χ2v) is 7.16. The molecule has 1 unspecified atom stereocenters. The highest BCUT2D eigenvalue weighted by Crippen LogP contribution is 2.24. The van der Waals surface area contributed by atoms with E-state index in [0.717, 1.165) is 18.5 Å². The van der Waals surface area contributed by atoms with Crippen molar-refractivity contribution in [1.82, 2.24) is 14.5 Å². The second kappa shape index (κ2) is 7.84. The summed E-state index contributed by atoms with van der Waals surface area (Å²) in [5.74, 6) is 0.716. The minimum absolute atomic E-state index is 0.0138. The third kappa shape index (κ3) is 3.53. The Kier molecular flexibility index (Phi) is 5.72. The molecule has 142 valence electrons. The van der Waals surface area contributed by atoms with Crippen molar-refractivity contribution in [2.45, 2.75) is 46.3 Å². The van der Waals surface area contributed by atoms with Gasteiger partial charge in [-0.05, 0) is 45.8 Å². The van der Waals surface area contributed by atoms with Crippen LogP contribution in [-0.2, 0) is 16.1 Å². The third-order valence-electron chi connectivity index (χ3n) is 5.19. The highest BCUT2D eigenvalue weighted by molar-refractivity contribution is 7.71. The SMILES string of the molecule is CCn1c(C)c(C(C)=O)c(N2CCN(C(=O)C3CCCO3)CC2)nc1=S. The number of piperazine rings is 1. The van der Waals surface area contributed by atoms with Gasteiger partial charge < -0.3 is 19.1 Å². The summed E-state index contributed by atoms with van der Waals surface area (Å²) in [4.78, 5) is 33.2. The van der Waals surface area contributed by atoms with Crippen molar-refractivity contribution in [3.63, 3.8) is 0 Å². The molecule has 0 bridgehead atoms. The van der Waals surface area contributed by atoms with Gasteiger partial charge in [-0.3, -0.25) is 9.59 Å². The Labute approximate surface area is 158 Å². The molecule has 1 aromatic rings. The smallest absolute Gasteiger partial charge is 0.251 e. The van der Waals surface area contributed by atoms with Crippen LogP contribution in [0.5, 0.6) is 0 Å². The topological polar surface area (TPSA) is 67.7 Å². The first-order valence-electron chi connectivity index (χ1n) is 9.21. The standard InChI is InChI=1S/C18H26N4O3S/c1-4-22-12(2)15(13(3)23)16(19-18(22)26)20-7-9-21(10-8-20)17(24)14-6-5-11-25-14/h14H,4-11H2,1-3H3. The zero-order valence-corrected chi connectivity index (χ0v) is 16.5. The summed E-state index contributed by atoms with van der Waals surface area (Å²) < 4.78 is 7.88. The zero-order valence-electron chi connectivity index (χ0n) is 15.7. The van der Waals surface area contributed by atoms with Crippen molar-refractivity contribution in [3.8, 4) is 0 Å². The molecule has 2 fully saturated rings. The molecule has 3 heterocycles. The molecule has 8 heteroatoms. The number of ketones is 1. The summed E-state index contributed by atoms with van der Waals surface area (Å²) in [7, 11) is 0. The molecule has 2 saturated heterocycles. The van der Waals surface area contributed by atoms with E-state index in [1.165, 1.54) is 0 Å². The van der Waals surface area contributed by atoms with Crippen LogP contribution in [0, 0.1) is 11.7 Å². The maximum Gasteiger partial charge on any atom is 0.251 e. The van der Waals surface area contributed by atoms with Crippen molar-refractivity contribution in [2.75, 3.05) is 37.7 Å². The fourth-order valence-electron chi connectivity index (χ4n) is 3.78. The van der Waals surface area contributed by atoms with Crippen molar-refractivity contribution in [1.29, 1.82) is 0 Å². The van der Waals surface area contributed by atoms with Gasteiger partial charge >= 0.3 is 0 Å². The summed E-state index contributed by atoms with van der Waals surface area (Å²) in [6.07, 6.45) is 1.47. The lowest BCUT2D eigenvalue weighted by Crippen LogP contribution is -2.52. The zero-order chi connectivity index (χ0) is 18.8. The van der Waals surface area contributed by atoms with Gasteiger partial charge in [0.1, 0.15) is 11.9 Å². The van der Waals surface area contributed by atoms with Crippen LogP contribution in [0.3, 0.4) is 0 Å². The number of ether oxygens (including phenoxy) is 1. The highest BCUT2D eigenvalue weighted by Gasteiger charge is 2.31. The molecule has 26 heavy (non-hydrogen) atoms. The Bertz CT molecular complexity index is 762. The first-order chi connectivity index (χ1) is 12.4. The van der Waals surface area contributed by atoms with Crippen molar-refractivity contribution in [3.05, 3.63) is 16.0 Å². The van der Waals surface area contributed by atoms with E-state index in [2.05, 4.69) is 9.88 Å². The Hall–Kier alpha value is -1.80. The lowest BCUT2D eigenvalue weighted by Gasteiger charge is -2.37. The van der Waals surface area contributed by atoms with Crippen LogP contribution in [0.2, 0.25) is 0 Å². The van der Waals surface area contributed by atoms with Crippen molar-refractivity contribution >= 4 is 29.7 Å². The maximum absolute atomic E-state index is 12.5. The third-order valence-corrected chi connectivity index (χ3v) is 5.50. The molecule has 7 nitrogen and oxygen atoms in total. The van der Waals surface area contributed by atoms with Crippen molar-refractivity contribution < 1.29 is 14.3 Å². The average Bonchev–Trinajstić information content (AvgIpc) is 3.15. The van der Waals surface area contributed by atoms with Crippen LogP contribution < -0.4 is 4.90 Å². The predicted molar refractivity (Wildman–Crippen MR) is 101 cm³/mol. The number of nitrogens with zero attached hydrogens (tertiary/aromatic N) is 4. The summed E-state index contributed by atoms with van der Waals surface area (Å²) in [5, 5.41) is 0. The molecular weight excluding hydrogens is 352 g/mol. The van der Waals surface area contributed by atoms with E-state index in [1.807, 2.05) is 23.3 Å². The molecule has 0 saturated carbocycles. The van der Waals surface area contributed by atoms with E-state index in [-0.39, 0.29) is 17.8 Å². The largest absolute Gasteiger partial charge is 0.368 e.